The van der Waals surface area contributed by atoms with E-state index in [-0.39, 0.29) is 42.1 Å². The fraction of sp³-hybridized carbons (Fsp3) is 0.400. The van der Waals surface area contributed by atoms with Gasteiger partial charge in [-0.2, -0.15) is 23.5 Å². The number of hydrogen-bond acceptors (Lipinski definition) is 5. The van der Waals surface area contributed by atoms with E-state index in [4.69, 9.17) is 10.00 Å². The smallest absolute Gasteiger partial charge is 0.428 e. The maximum Gasteiger partial charge on any atom is 0.428 e. The highest BCUT2D eigenvalue weighted by atomic mass is 19.4. The third kappa shape index (κ3) is 2.75. The van der Waals surface area contributed by atoms with Crippen LogP contribution in [0, 0.1) is 17.2 Å². The number of ether oxygens (including phenoxy) is 1. The first kappa shape index (κ1) is 16.1. The fourth-order valence-electron chi connectivity index (χ4n) is 2.73. The lowest BCUT2D eigenvalue weighted by molar-refractivity contribution is -0.137. The molecule has 0 aliphatic carbocycles. The molecule has 1 aromatic rings. The van der Waals surface area contributed by atoms with Gasteiger partial charge in [-0.25, -0.2) is 10.2 Å². The van der Waals surface area contributed by atoms with E-state index < -0.39 is 17.8 Å². The minimum Gasteiger partial charge on any atom is -0.442 e. The molecule has 126 valence electrons. The lowest BCUT2D eigenvalue weighted by Crippen LogP contribution is -2.54. The van der Waals surface area contributed by atoms with E-state index in [0.29, 0.717) is 0 Å². The van der Waals surface area contributed by atoms with Crippen molar-refractivity contribution >= 4 is 17.5 Å². The van der Waals surface area contributed by atoms with E-state index in [1.165, 1.54) is 12.1 Å². The molecule has 2 aliphatic heterocycles. The molecule has 1 saturated heterocycles. The van der Waals surface area contributed by atoms with E-state index in [1.54, 1.807) is 11.8 Å². The summed E-state index contributed by atoms with van der Waals surface area (Å²) in [4.78, 5) is 12.5. The number of halogens is 3. The molecule has 0 spiro atoms. The van der Waals surface area contributed by atoms with Crippen LogP contribution in [0.15, 0.2) is 23.3 Å². The summed E-state index contributed by atoms with van der Waals surface area (Å²) < 4.78 is 45.1. The van der Waals surface area contributed by atoms with Crippen LogP contribution < -0.4 is 10.3 Å². The normalized spacial score (nSPS) is 23.5. The number of anilines is 1. The Morgan fingerprint density at radius 3 is 2.75 bits per heavy atom. The summed E-state index contributed by atoms with van der Waals surface area (Å²) in [6.45, 7) is 1.79. The summed E-state index contributed by atoms with van der Waals surface area (Å²) in [5.41, 5.74) is 1.72. The Labute approximate surface area is 135 Å². The van der Waals surface area contributed by atoms with Crippen molar-refractivity contribution in [1.82, 2.24) is 5.43 Å². The molecule has 1 N–H and O–H groups in total. The predicted molar refractivity (Wildman–Crippen MR) is 78.4 cm³/mol. The van der Waals surface area contributed by atoms with Gasteiger partial charge in [0, 0.05) is 23.8 Å². The SMILES string of the molecule is CC1C(C#N)CN1c1ccc(C2=NNC(=O)OC2)cc1C(F)(F)F. The monoisotopic (exact) mass is 338 g/mol. The van der Waals surface area contributed by atoms with Gasteiger partial charge < -0.3 is 9.64 Å². The van der Waals surface area contributed by atoms with Crippen LogP contribution in [0.2, 0.25) is 0 Å². The number of nitrogens with zero attached hydrogens (tertiary/aromatic N) is 3. The summed E-state index contributed by atoms with van der Waals surface area (Å²) in [5.74, 6) is -0.280. The zero-order valence-electron chi connectivity index (χ0n) is 12.6. The van der Waals surface area contributed by atoms with Crippen LogP contribution in [0.1, 0.15) is 18.1 Å². The molecule has 0 radical (unpaired) electrons. The van der Waals surface area contributed by atoms with Gasteiger partial charge in [0.15, 0.2) is 0 Å². The summed E-state index contributed by atoms with van der Waals surface area (Å²) in [7, 11) is 0. The Morgan fingerprint density at radius 2 is 2.21 bits per heavy atom. The second kappa shape index (κ2) is 5.70. The molecular formula is C15H13F3N4O2. The van der Waals surface area contributed by atoms with Gasteiger partial charge in [0.2, 0.25) is 0 Å². The molecule has 0 bridgehead atoms. The van der Waals surface area contributed by atoms with Gasteiger partial charge in [-0.1, -0.05) is 6.07 Å². The summed E-state index contributed by atoms with van der Waals surface area (Å²) >= 11 is 0. The van der Waals surface area contributed by atoms with E-state index >= 15 is 0 Å². The number of nitrogens with one attached hydrogen (secondary N) is 1. The van der Waals surface area contributed by atoms with E-state index in [9.17, 15) is 18.0 Å². The van der Waals surface area contributed by atoms with Crippen LogP contribution in [0.25, 0.3) is 0 Å². The summed E-state index contributed by atoms with van der Waals surface area (Å²) in [6.07, 6.45) is -5.30. The van der Waals surface area contributed by atoms with Crippen molar-refractivity contribution < 1.29 is 22.7 Å². The molecule has 0 saturated carbocycles. The Balaban J connectivity index is 1.97. The van der Waals surface area contributed by atoms with Gasteiger partial charge in [-0.3, -0.25) is 0 Å². The Hall–Kier alpha value is -2.76. The Kier molecular flexibility index (Phi) is 3.83. The van der Waals surface area contributed by atoms with Crippen molar-refractivity contribution in [2.75, 3.05) is 18.1 Å². The molecular weight excluding hydrogens is 325 g/mol. The predicted octanol–water partition coefficient (Wildman–Crippen LogP) is 2.50. The first-order valence-electron chi connectivity index (χ1n) is 7.18. The van der Waals surface area contributed by atoms with Gasteiger partial charge in [0.05, 0.1) is 17.6 Å². The third-order valence-corrected chi connectivity index (χ3v) is 4.20. The largest absolute Gasteiger partial charge is 0.442 e. The zero-order chi connectivity index (χ0) is 17.5. The van der Waals surface area contributed by atoms with Gasteiger partial charge in [-0.05, 0) is 19.1 Å². The number of alkyl halides is 3. The third-order valence-electron chi connectivity index (χ3n) is 4.20. The Morgan fingerprint density at radius 1 is 1.46 bits per heavy atom. The van der Waals surface area contributed by atoms with Gasteiger partial charge in [-0.15, -0.1) is 0 Å². The molecule has 1 amide bonds. The number of carbonyl (C=O) groups excluding carboxylic acids is 1. The molecule has 3 rings (SSSR count). The standard InChI is InChI=1S/C15H13F3N4O2/c1-8-10(5-19)6-22(8)13-3-2-9(4-11(13)15(16,17)18)12-7-24-14(23)21-20-12/h2-4,8,10H,6-7H2,1H3,(H,21,23). The highest BCUT2D eigenvalue weighted by molar-refractivity contribution is 6.04. The molecule has 0 aromatic heterocycles. The van der Waals surface area contributed by atoms with E-state index in [1.807, 2.05) is 0 Å². The average molecular weight is 338 g/mol. The topological polar surface area (TPSA) is 77.7 Å². The van der Waals surface area contributed by atoms with Crippen LogP contribution in [-0.2, 0) is 10.9 Å². The number of carbonyl (C=O) groups is 1. The Bertz CT molecular complexity index is 754. The maximum absolute atomic E-state index is 13.5. The van der Waals surface area contributed by atoms with Crippen molar-refractivity contribution in [3.8, 4) is 6.07 Å². The van der Waals surface area contributed by atoms with Crippen molar-refractivity contribution in [2.45, 2.75) is 19.1 Å². The van der Waals surface area contributed by atoms with Crippen LogP contribution in [0.3, 0.4) is 0 Å². The molecule has 6 nitrogen and oxygen atoms in total. The highest BCUT2D eigenvalue weighted by Crippen LogP contribution is 2.41. The molecule has 1 fully saturated rings. The number of nitriles is 1. The van der Waals surface area contributed by atoms with E-state index in [2.05, 4.69) is 16.6 Å². The first-order valence-corrected chi connectivity index (χ1v) is 7.18. The highest BCUT2D eigenvalue weighted by Gasteiger charge is 2.42. The zero-order valence-corrected chi connectivity index (χ0v) is 12.6. The van der Waals surface area contributed by atoms with Gasteiger partial charge in [0.25, 0.3) is 0 Å². The number of hydrogen-bond donors (Lipinski definition) is 1. The average Bonchev–Trinajstić information content (AvgIpc) is 2.54. The van der Waals surface area contributed by atoms with E-state index in [0.717, 1.165) is 6.07 Å². The molecule has 24 heavy (non-hydrogen) atoms. The second-order valence-corrected chi connectivity index (χ2v) is 5.60. The van der Waals surface area contributed by atoms with Crippen molar-refractivity contribution in [1.29, 1.82) is 5.26 Å². The second-order valence-electron chi connectivity index (χ2n) is 5.60. The lowest BCUT2D eigenvalue weighted by Gasteiger charge is -2.45. The van der Waals surface area contributed by atoms with Crippen LogP contribution >= 0.6 is 0 Å². The molecule has 2 atom stereocenters. The molecule has 1 aromatic carbocycles. The molecule has 2 heterocycles. The minimum atomic E-state index is -4.55. The molecule has 2 aliphatic rings. The van der Waals surface area contributed by atoms with Gasteiger partial charge in [0.1, 0.15) is 12.3 Å². The number of benzene rings is 1. The molecule has 2 unspecified atom stereocenters. The summed E-state index contributed by atoms with van der Waals surface area (Å²) in [5, 5.41) is 12.6. The van der Waals surface area contributed by atoms with Crippen LogP contribution in [0.4, 0.5) is 23.7 Å². The van der Waals surface area contributed by atoms with Crippen LogP contribution in [-0.4, -0.2) is 31.0 Å². The quantitative estimate of drug-likeness (QED) is 0.899. The van der Waals surface area contributed by atoms with Crippen molar-refractivity contribution in [3.63, 3.8) is 0 Å². The number of cyclic esters (lactones) is 1. The maximum atomic E-state index is 13.5. The molecule has 9 heteroatoms. The van der Waals surface area contributed by atoms with Crippen LogP contribution in [0.5, 0.6) is 0 Å². The van der Waals surface area contributed by atoms with Crippen molar-refractivity contribution in [3.05, 3.63) is 29.3 Å². The summed E-state index contributed by atoms with van der Waals surface area (Å²) in [6, 6.07) is 5.64. The fourth-order valence-corrected chi connectivity index (χ4v) is 2.73. The van der Waals surface area contributed by atoms with Crippen molar-refractivity contribution in [2.24, 2.45) is 11.0 Å². The number of amides is 1. The number of hydrazone groups is 1. The lowest BCUT2D eigenvalue weighted by atomic mass is 9.89. The minimum absolute atomic E-state index is 0.0339. The first-order chi connectivity index (χ1) is 11.3. The number of rotatable bonds is 2. The van der Waals surface area contributed by atoms with Gasteiger partial charge >= 0.3 is 12.3 Å².